The Balaban J connectivity index is 1.36. The molecule has 0 amide bonds. The molecule has 7 nitrogen and oxygen atoms in total. The highest BCUT2D eigenvalue weighted by molar-refractivity contribution is 7.90. The Hall–Kier alpha value is -3.36. The van der Waals surface area contributed by atoms with Gasteiger partial charge in [0.1, 0.15) is 27.9 Å². The molecule has 1 aliphatic heterocycles. The van der Waals surface area contributed by atoms with Crippen molar-refractivity contribution in [2.24, 2.45) is 0 Å². The van der Waals surface area contributed by atoms with Crippen molar-refractivity contribution in [2.75, 3.05) is 38.4 Å². The summed E-state index contributed by atoms with van der Waals surface area (Å²) in [5.74, 6) is 1.38. The lowest BCUT2D eigenvalue weighted by Gasteiger charge is -2.41. The molecule has 8 heteroatoms. The van der Waals surface area contributed by atoms with Crippen LogP contribution in [-0.4, -0.2) is 52.8 Å². The highest BCUT2D eigenvalue weighted by atomic mass is 32.2. The molecule has 0 saturated carbocycles. The first kappa shape index (κ1) is 28.6. The van der Waals surface area contributed by atoms with Crippen molar-refractivity contribution in [2.45, 2.75) is 38.7 Å². The standard InChI is InChI=1S/C31H36O7S/c1-4-36-30(32)19-31(21-35-22-31)26-11-15-28(16-12-26)38-20-25-7-5-8-29(23(25)2)24-9-13-27(14-10-24)37-17-6-18-39(3,33)34/h5,7-16H,4,6,17-22H2,1-3H3. The molecule has 0 radical (unpaired) electrons. The van der Waals surface area contributed by atoms with E-state index in [4.69, 9.17) is 18.9 Å². The molecule has 0 unspecified atom stereocenters. The molecule has 3 aromatic rings. The molecule has 3 aromatic carbocycles. The van der Waals surface area contributed by atoms with Crippen LogP contribution in [0.25, 0.3) is 11.1 Å². The summed E-state index contributed by atoms with van der Waals surface area (Å²) >= 11 is 0. The zero-order chi connectivity index (χ0) is 27.9. The number of ether oxygens (including phenoxy) is 4. The molecule has 0 aromatic heterocycles. The van der Waals surface area contributed by atoms with Crippen molar-refractivity contribution in [1.29, 1.82) is 0 Å². The number of hydrogen-bond acceptors (Lipinski definition) is 7. The number of esters is 1. The lowest BCUT2D eigenvalue weighted by Crippen LogP contribution is -2.48. The maximum atomic E-state index is 12.1. The third kappa shape index (κ3) is 7.61. The van der Waals surface area contributed by atoms with E-state index >= 15 is 0 Å². The summed E-state index contributed by atoms with van der Waals surface area (Å²) in [6, 6.07) is 21.9. The minimum Gasteiger partial charge on any atom is -0.494 e. The lowest BCUT2D eigenvalue weighted by atomic mass is 9.76. The van der Waals surface area contributed by atoms with Crippen molar-refractivity contribution in [1.82, 2.24) is 0 Å². The van der Waals surface area contributed by atoms with Crippen molar-refractivity contribution in [3.05, 3.63) is 83.4 Å². The van der Waals surface area contributed by atoms with Crippen LogP contribution in [0.1, 0.15) is 36.5 Å². The largest absolute Gasteiger partial charge is 0.494 e. The molecule has 39 heavy (non-hydrogen) atoms. The summed E-state index contributed by atoms with van der Waals surface area (Å²) in [6.07, 6.45) is 2.01. The number of sulfone groups is 1. The molecule has 208 valence electrons. The summed E-state index contributed by atoms with van der Waals surface area (Å²) < 4.78 is 44.9. The molecule has 0 aliphatic carbocycles. The Morgan fingerprint density at radius 3 is 2.23 bits per heavy atom. The van der Waals surface area contributed by atoms with E-state index in [0.29, 0.717) is 51.6 Å². The zero-order valence-corrected chi connectivity index (χ0v) is 23.6. The molecule has 0 spiro atoms. The van der Waals surface area contributed by atoms with Gasteiger partial charge in [0, 0.05) is 6.26 Å². The van der Waals surface area contributed by atoms with E-state index < -0.39 is 9.84 Å². The van der Waals surface area contributed by atoms with Crippen molar-refractivity contribution < 1.29 is 32.2 Å². The van der Waals surface area contributed by atoms with Gasteiger partial charge in [0.15, 0.2) is 0 Å². The molecule has 0 atom stereocenters. The maximum Gasteiger partial charge on any atom is 0.306 e. The monoisotopic (exact) mass is 552 g/mol. The first-order valence-corrected chi connectivity index (χ1v) is 15.2. The van der Waals surface area contributed by atoms with Crippen molar-refractivity contribution >= 4 is 15.8 Å². The molecule has 1 heterocycles. The SMILES string of the molecule is CCOC(=O)CC1(c2ccc(OCc3cccc(-c4ccc(OCCCS(C)(=O)=O)cc4)c3C)cc2)COC1. The van der Waals surface area contributed by atoms with Gasteiger partial charge in [-0.25, -0.2) is 8.42 Å². The van der Waals surface area contributed by atoms with Crippen molar-refractivity contribution in [3.63, 3.8) is 0 Å². The van der Waals surface area contributed by atoms with E-state index in [-0.39, 0.29) is 17.1 Å². The van der Waals surface area contributed by atoms with Crippen LogP contribution in [0.5, 0.6) is 11.5 Å². The van der Waals surface area contributed by atoms with E-state index in [1.807, 2.05) is 61.5 Å². The summed E-state index contributed by atoms with van der Waals surface area (Å²) in [4.78, 5) is 12.1. The van der Waals surface area contributed by atoms with Gasteiger partial charge in [0.2, 0.25) is 0 Å². The van der Waals surface area contributed by atoms with E-state index in [1.165, 1.54) is 6.26 Å². The predicted octanol–water partition coefficient (Wildman–Crippen LogP) is 5.28. The quantitative estimate of drug-likeness (QED) is 0.211. The van der Waals surface area contributed by atoms with Gasteiger partial charge >= 0.3 is 5.97 Å². The summed E-state index contributed by atoms with van der Waals surface area (Å²) in [6.45, 7) is 6.07. The first-order chi connectivity index (χ1) is 18.7. The Kier molecular flexibility index (Phi) is 9.30. The predicted molar refractivity (Wildman–Crippen MR) is 151 cm³/mol. The first-order valence-electron chi connectivity index (χ1n) is 13.2. The van der Waals surface area contributed by atoms with Gasteiger partial charge in [0.25, 0.3) is 0 Å². The second-order valence-electron chi connectivity index (χ2n) is 10.0. The fourth-order valence-electron chi connectivity index (χ4n) is 4.67. The van der Waals surface area contributed by atoms with Crippen LogP contribution in [0.15, 0.2) is 66.7 Å². The van der Waals surface area contributed by atoms with Crippen LogP contribution < -0.4 is 9.47 Å². The lowest BCUT2D eigenvalue weighted by molar-refractivity contribution is -0.151. The fraction of sp³-hybridized carbons (Fsp3) is 0.387. The second kappa shape index (κ2) is 12.7. The van der Waals surface area contributed by atoms with E-state index in [0.717, 1.165) is 33.6 Å². The van der Waals surface area contributed by atoms with Crippen LogP contribution in [0, 0.1) is 6.92 Å². The summed E-state index contributed by atoms with van der Waals surface area (Å²) in [7, 11) is -2.98. The third-order valence-corrected chi connectivity index (χ3v) is 7.98. The maximum absolute atomic E-state index is 12.1. The van der Waals surface area contributed by atoms with Gasteiger partial charge in [-0.2, -0.15) is 0 Å². The van der Waals surface area contributed by atoms with Gasteiger partial charge in [-0.15, -0.1) is 0 Å². The van der Waals surface area contributed by atoms with Crippen LogP contribution in [0.3, 0.4) is 0 Å². The van der Waals surface area contributed by atoms with Gasteiger partial charge < -0.3 is 18.9 Å². The molecule has 1 saturated heterocycles. The minimum absolute atomic E-state index is 0.120. The molecule has 0 bridgehead atoms. The Morgan fingerprint density at radius 1 is 0.949 bits per heavy atom. The molecule has 1 fully saturated rings. The van der Waals surface area contributed by atoms with Crippen LogP contribution in [-0.2, 0) is 36.1 Å². The van der Waals surface area contributed by atoms with Gasteiger partial charge in [-0.1, -0.05) is 42.5 Å². The number of benzene rings is 3. The Morgan fingerprint density at radius 2 is 1.62 bits per heavy atom. The molecular weight excluding hydrogens is 516 g/mol. The number of hydrogen-bond donors (Lipinski definition) is 0. The molecule has 4 rings (SSSR count). The number of rotatable bonds is 13. The summed E-state index contributed by atoms with van der Waals surface area (Å²) in [5, 5.41) is 0. The molecule has 0 N–H and O–H groups in total. The highest BCUT2D eigenvalue weighted by Gasteiger charge is 2.42. The van der Waals surface area contributed by atoms with Crippen LogP contribution in [0.2, 0.25) is 0 Å². The average molecular weight is 553 g/mol. The van der Waals surface area contributed by atoms with Gasteiger partial charge in [-0.05, 0) is 72.4 Å². The van der Waals surface area contributed by atoms with Gasteiger partial charge in [0.05, 0.1) is 44.0 Å². The number of carbonyl (C=O) groups is 1. The normalized spacial score (nSPS) is 14.3. The van der Waals surface area contributed by atoms with Crippen LogP contribution >= 0.6 is 0 Å². The minimum atomic E-state index is -2.98. The molecular formula is C31H36O7S. The number of carbonyl (C=O) groups excluding carboxylic acids is 1. The molecule has 1 aliphatic rings. The van der Waals surface area contributed by atoms with E-state index in [1.54, 1.807) is 0 Å². The summed E-state index contributed by atoms with van der Waals surface area (Å²) in [5.41, 5.74) is 5.12. The van der Waals surface area contributed by atoms with Crippen LogP contribution in [0.4, 0.5) is 0 Å². The fourth-order valence-corrected chi connectivity index (χ4v) is 5.31. The highest BCUT2D eigenvalue weighted by Crippen LogP contribution is 2.37. The topological polar surface area (TPSA) is 88.1 Å². The van der Waals surface area contributed by atoms with E-state index in [2.05, 4.69) is 19.1 Å². The third-order valence-electron chi connectivity index (χ3n) is 6.95. The van der Waals surface area contributed by atoms with E-state index in [9.17, 15) is 13.2 Å². The Bertz CT molecular complexity index is 1360. The smallest absolute Gasteiger partial charge is 0.306 e. The van der Waals surface area contributed by atoms with Gasteiger partial charge in [-0.3, -0.25) is 4.79 Å². The Labute approximate surface area is 231 Å². The average Bonchev–Trinajstić information content (AvgIpc) is 2.89. The second-order valence-corrected chi connectivity index (χ2v) is 12.3. The van der Waals surface area contributed by atoms with Crippen molar-refractivity contribution in [3.8, 4) is 22.6 Å². The zero-order valence-electron chi connectivity index (χ0n) is 22.8.